The summed E-state index contributed by atoms with van der Waals surface area (Å²) in [6.45, 7) is 3.82. The Morgan fingerprint density at radius 1 is 1.00 bits per heavy atom. The molecule has 7 heteroatoms. The summed E-state index contributed by atoms with van der Waals surface area (Å²) in [6.07, 6.45) is 0.510. The molecule has 3 aromatic rings. The molecule has 0 fully saturated rings. The molecule has 1 amide bonds. The van der Waals surface area contributed by atoms with Crippen molar-refractivity contribution in [3.05, 3.63) is 78.4 Å². The van der Waals surface area contributed by atoms with Gasteiger partial charge in [0.2, 0.25) is 0 Å². The number of benzene rings is 3. The number of rotatable bonds is 9. The van der Waals surface area contributed by atoms with Crippen LogP contribution in [-0.2, 0) is 4.79 Å². The number of amides is 1. The summed E-state index contributed by atoms with van der Waals surface area (Å²) in [5, 5.41) is 12.2. The minimum Gasteiger partial charge on any atom is -0.478 e. The Bertz CT molecular complexity index is 1140. The van der Waals surface area contributed by atoms with Gasteiger partial charge in [-0.15, -0.1) is 0 Å². The molecule has 3 rings (SSSR count). The van der Waals surface area contributed by atoms with Gasteiger partial charge in [0.15, 0.2) is 5.66 Å². The van der Waals surface area contributed by atoms with Crippen LogP contribution < -0.4 is 16.4 Å². The number of aliphatic carboxylic acids is 1. The number of hydrogen-bond acceptors (Lipinski definition) is 5. The largest absolute Gasteiger partial charge is 0.478 e. The average Bonchev–Trinajstić information content (AvgIpc) is 2.78. The highest BCUT2D eigenvalue weighted by Crippen LogP contribution is 2.37. The molecule has 0 heterocycles. The maximum atomic E-state index is 13.7. The molecule has 0 radical (unpaired) electrons. The van der Waals surface area contributed by atoms with E-state index in [0.717, 1.165) is 10.8 Å². The first-order chi connectivity index (χ1) is 15.6. The van der Waals surface area contributed by atoms with Crippen LogP contribution >= 0.6 is 12.6 Å². The molecular formula is C26H31N3O3S. The Hall–Kier alpha value is -2.87. The monoisotopic (exact) mass is 465 g/mol. The number of nitrogens with two attached hydrogens (primary N) is 2. The molecule has 5 N–H and O–H groups in total. The predicted molar refractivity (Wildman–Crippen MR) is 137 cm³/mol. The Morgan fingerprint density at radius 2 is 1.61 bits per heavy atom. The summed E-state index contributed by atoms with van der Waals surface area (Å²) in [5.74, 6) is -1.30. The molecule has 0 bridgehead atoms. The lowest BCUT2D eigenvalue weighted by molar-refractivity contribution is -0.144. The molecule has 0 aliphatic carbocycles. The number of carbonyl (C=O) groups excluding carboxylic acids is 1. The third-order valence-electron chi connectivity index (χ3n) is 5.78. The van der Waals surface area contributed by atoms with E-state index >= 15 is 0 Å². The lowest BCUT2D eigenvalue weighted by Crippen LogP contribution is -2.65. The van der Waals surface area contributed by atoms with E-state index in [1.807, 2.05) is 44.2 Å². The fraction of sp³-hybridized carbons (Fsp3) is 0.308. The first-order valence-corrected chi connectivity index (χ1v) is 11.5. The minimum absolute atomic E-state index is 0.00219. The fourth-order valence-electron chi connectivity index (χ4n) is 4.38. The van der Waals surface area contributed by atoms with Crippen molar-refractivity contribution in [3.63, 3.8) is 0 Å². The zero-order valence-corrected chi connectivity index (χ0v) is 19.8. The third kappa shape index (κ3) is 5.55. The maximum Gasteiger partial charge on any atom is 0.345 e. The second kappa shape index (κ2) is 9.95. The highest BCUT2D eigenvalue weighted by atomic mass is 32.1. The highest BCUT2D eigenvalue weighted by Gasteiger charge is 2.48. The third-order valence-corrected chi connectivity index (χ3v) is 6.25. The Morgan fingerprint density at radius 3 is 2.21 bits per heavy atom. The average molecular weight is 466 g/mol. The van der Waals surface area contributed by atoms with Crippen LogP contribution in [0.15, 0.2) is 72.8 Å². The van der Waals surface area contributed by atoms with Gasteiger partial charge in [-0.05, 0) is 46.9 Å². The molecule has 2 atom stereocenters. The van der Waals surface area contributed by atoms with Crippen molar-refractivity contribution >= 4 is 41.0 Å². The summed E-state index contributed by atoms with van der Waals surface area (Å²) < 4.78 is 0. The van der Waals surface area contributed by atoms with Crippen molar-refractivity contribution in [2.24, 2.45) is 16.9 Å². The zero-order chi connectivity index (χ0) is 24.2. The van der Waals surface area contributed by atoms with E-state index in [1.54, 1.807) is 42.5 Å². The van der Waals surface area contributed by atoms with Crippen LogP contribution in [0.2, 0.25) is 0 Å². The van der Waals surface area contributed by atoms with Crippen LogP contribution in [0.25, 0.3) is 10.8 Å². The minimum atomic E-state index is -2.00. The van der Waals surface area contributed by atoms with Crippen LogP contribution in [-0.4, -0.2) is 34.4 Å². The number of carboxylic acids is 1. The SMILES string of the molecule is CC(C)(C[C@@H](N)CS)C[C@@](N)(C(=O)O)N(C(=O)c1ccccc1)c1ccc2ccccc2c1. The second-order valence-electron chi connectivity index (χ2n) is 9.26. The van der Waals surface area contributed by atoms with Gasteiger partial charge in [-0.1, -0.05) is 62.4 Å². The summed E-state index contributed by atoms with van der Waals surface area (Å²) in [6, 6.07) is 21.4. The lowest BCUT2D eigenvalue weighted by atomic mass is 9.77. The van der Waals surface area contributed by atoms with Crippen LogP contribution in [0.4, 0.5) is 5.69 Å². The topological polar surface area (TPSA) is 110 Å². The molecule has 0 saturated heterocycles. The van der Waals surface area contributed by atoms with Crippen molar-refractivity contribution in [1.29, 1.82) is 0 Å². The van der Waals surface area contributed by atoms with E-state index in [9.17, 15) is 14.7 Å². The number of thiol groups is 1. The number of anilines is 1. The van der Waals surface area contributed by atoms with Crippen molar-refractivity contribution in [1.82, 2.24) is 0 Å². The summed E-state index contributed by atoms with van der Waals surface area (Å²) in [4.78, 5) is 27.7. The number of fused-ring (bicyclic) bond motifs is 1. The maximum absolute atomic E-state index is 13.7. The van der Waals surface area contributed by atoms with Gasteiger partial charge >= 0.3 is 5.97 Å². The van der Waals surface area contributed by atoms with E-state index in [1.165, 1.54) is 4.90 Å². The van der Waals surface area contributed by atoms with Gasteiger partial charge in [0.05, 0.1) is 0 Å². The van der Waals surface area contributed by atoms with Crippen LogP contribution in [0.1, 0.15) is 37.0 Å². The second-order valence-corrected chi connectivity index (χ2v) is 9.62. The predicted octanol–water partition coefficient (Wildman–Crippen LogP) is 4.29. The Kier molecular flexibility index (Phi) is 7.47. The first-order valence-electron chi connectivity index (χ1n) is 10.8. The summed E-state index contributed by atoms with van der Waals surface area (Å²) >= 11 is 4.25. The lowest BCUT2D eigenvalue weighted by Gasteiger charge is -2.42. The van der Waals surface area contributed by atoms with Gasteiger partial charge in [-0.3, -0.25) is 15.4 Å². The fourth-order valence-corrected chi connectivity index (χ4v) is 4.51. The van der Waals surface area contributed by atoms with Gasteiger partial charge in [-0.2, -0.15) is 12.6 Å². The molecule has 0 spiro atoms. The smallest absolute Gasteiger partial charge is 0.345 e. The molecule has 0 aromatic heterocycles. The van der Waals surface area contributed by atoms with E-state index in [2.05, 4.69) is 12.6 Å². The first kappa shape index (κ1) is 24.8. The van der Waals surface area contributed by atoms with Crippen LogP contribution in [0.3, 0.4) is 0 Å². The van der Waals surface area contributed by atoms with Crippen LogP contribution in [0, 0.1) is 5.41 Å². The Balaban J connectivity index is 2.16. The molecule has 33 heavy (non-hydrogen) atoms. The molecule has 3 aromatic carbocycles. The molecule has 6 nitrogen and oxygen atoms in total. The van der Waals surface area contributed by atoms with E-state index in [-0.39, 0.29) is 12.5 Å². The van der Waals surface area contributed by atoms with Crippen molar-refractivity contribution < 1.29 is 14.7 Å². The van der Waals surface area contributed by atoms with Crippen LogP contribution in [0.5, 0.6) is 0 Å². The molecule has 174 valence electrons. The molecular weight excluding hydrogens is 434 g/mol. The van der Waals surface area contributed by atoms with E-state index < -0.39 is 23.0 Å². The van der Waals surface area contributed by atoms with Crippen molar-refractivity contribution in [3.8, 4) is 0 Å². The van der Waals surface area contributed by atoms with Gasteiger partial charge in [0.1, 0.15) is 0 Å². The van der Waals surface area contributed by atoms with Crippen molar-refractivity contribution in [2.45, 2.75) is 38.4 Å². The highest BCUT2D eigenvalue weighted by molar-refractivity contribution is 7.80. The molecule has 0 aliphatic heterocycles. The number of carbonyl (C=O) groups is 2. The van der Waals surface area contributed by atoms with Crippen molar-refractivity contribution in [2.75, 3.05) is 10.7 Å². The summed E-state index contributed by atoms with van der Waals surface area (Å²) in [7, 11) is 0. The van der Waals surface area contributed by atoms with Gasteiger partial charge in [0.25, 0.3) is 5.91 Å². The zero-order valence-electron chi connectivity index (χ0n) is 18.9. The number of carboxylic acid groups (broad SMARTS) is 1. The van der Waals surface area contributed by atoms with Gasteiger partial charge < -0.3 is 10.8 Å². The normalized spacial score (nSPS) is 14.5. The standard InChI is InChI=1S/C26H31N3O3S/c1-25(2,15-21(27)16-33)17-26(28,24(31)32)29(23(30)19-9-4-3-5-10-19)22-13-12-18-8-6-7-11-20(18)14-22/h3-14,21,33H,15-17,27-28H2,1-2H3,(H,31,32)/t21-,26+/m1/s1. The number of hydrogen-bond donors (Lipinski definition) is 4. The van der Waals surface area contributed by atoms with Gasteiger partial charge in [-0.25, -0.2) is 4.79 Å². The molecule has 0 unspecified atom stereocenters. The molecule has 0 aliphatic rings. The number of nitrogens with zero attached hydrogens (tertiary/aromatic N) is 1. The Labute approximate surface area is 200 Å². The summed E-state index contributed by atoms with van der Waals surface area (Å²) in [5.41, 5.74) is 11.0. The molecule has 0 saturated carbocycles. The van der Waals surface area contributed by atoms with E-state index in [4.69, 9.17) is 11.5 Å². The van der Waals surface area contributed by atoms with Gasteiger partial charge in [0, 0.05) is 29.5 Å². The quantitative estimate of drug-likeness (QED) is 0.278. The van der Waals surface area contributed by atoms with E-state index in [0.29, 0.717) is 23.4 Å².